The number of urea groups is 1. The molecular formula is C15H28N2O3S. The van der Waals surface area contributed by atoms with Crippen molar-refractivity contribution in [3.63, 3.8) is 0 Å². The molecule has 0 aromatic carbocycles. The van der Waals surface area contributed by atoms with Crippen LogP contribution in [0, 0.1) is 5.92 Å². The first-order chi connectivity index (χ1) is 10.2. The summed E-state index contributed by atoms with van der Waals surface area (Å²) in [6.07, 6.45) is 6.03. The summed E-state index contributed by atoms with van der Waals surface area (Å²) in [4.78, 5) is 14.2. The van der Waals surface area contributed by atoms with E-state index in [9.17, 15) is 14.1 Å². The number of hydrogen-bond acceptors (Lipinski definition) is 3. The van der Waals surface area contributed by atoms with Crippen molar-refractivity contribution >= 4 is 16.8 Å². The van der Waals surface area contributed by atoms with E-state index in [1.165, 1.54) is 0 Å². The molecule has 6 heteroatoms. The molecule has 1 saturated carbocycles. The van der Waals surface area contributed by atoms with Crippen LogP contribution in [-0.2, 0) is 10.8 Å². The largest absolute Gasteiger partial charge is 0.396 e. The van der Waals surface area contributed by atoms with Crippen LogP contribution in [0.2, 0.25) is 0 Å². The molecule has 2 fully saturated rings. The zero-order valence-electron chi connectivity index (χ0n) is 12.9. The zero-order valence-corrected chi connectivity index (χ0v) is 13.7. The maximum atomic E-state index is 12.4. The Hall–Kier alpha value is -0.620. The monoisotopic (exact) mass is 316 g/mol. The molecule has 1 aliphatic heterocycles. The van der Waals surface area contributed by atoms with E-state index in [1.54, 1.807) is 0 Å². The first kappa shape index (κ1) is 16.7. The van der Waals surface area contributed by atoms with Gasteiger partial charge in [0.15, 0.2) is 0 Å². The summed E-state index contributed by atoms with van der Waals surface area (Å²) in [5.41, 5.74) is 0. The molecule has 21 heavy (non-hydrogen) atoms. The van der Waals surface area contributed by atoms with Crippen LogP contribution in [0.25, 0.3) is 0 Å². The number of likely N-dealkylation sites (tertiary alicyclic amines) is 1. The standard InChI is InChI=1S/C15H28N2O3S/c1-2-21(20)14-8-4-3-7-13(14)16-15(19)17-9-5-6-12(10-17)11-18/h12-14,18H,2-11H2,1H3,(H,16,19)/t12-,13+,14-,21+/m1/s1. The Kier molecular flexibility index (Phi) is 6.48. The summed E-state index contributed by atoms with van der Waals surface area (Å²) < 4.78 is 12.1. The Morgan fingerprint density at radius 1 is 1.29 bits per heavy atom. The SMILES string of the molecule is CC[S@](=O)[C@@H]1CCCC[C@@H]1NC(=O)N1CCC[C@@H](CO)C1. The number of amides is 2. The minimum atomic E-state index is -0.847. The van der Waals surface area contributed by atoms with Gasteiger partial charge in [-0.2, -0.15) is 0 Å². The molecule has 1 heterocycles. The van der Waals surface area contributed by atoms with Gasteiger partial charge in [-0.15, -0.1) is 0 Å². The number of carbonyl (C=O) groups excluding carboxylic acids is 1. The van der Waals surface area contributed by atoms with Crippen LogP contribution in [0.5, 0.6) is 0 Å². The second-order valence-corrected chi connectivity index (χ2v) is 8.13. The van der Waals surface area contributed by atoms with Crippen LogP contribution in [0.3, 0.4) is 0 Å². The summed E-state index contributed by atoms with van der Waals surface area (Å²) in [5, 5.41) is 12.5. The molecule has 0 spiro atoms. The van der Waals surface area contributed by atoms with E-state index in [0.717, 1.165) is 45.1 Å². The second kappa shape index (κ2) is 8.13. The van der Waals surface area contributed by atoms with Gasteiger partial charge in [0.25, 0.3) is 0 Å². The maximum absolute atomic E-state index is 12.4. The fraction of sp³-hybridized carbons (Fsp3) is 0.933. The topological polar surface area (TPSA) is 69.6 Å². The highest BCUT2D eigenvalue weighted by atomic mass is 32.2. The number of rotatable bonds is 4. The third-order valence-corrected chi connectivity index (χ3v) is 6.51. The Labute approximate surface area is 129 Å². The molecule has 122 valence electrons. The number of carbonyl (C=O) groups is 1. The molecule has 4 atom stereocenters. The van der Waals surface area contributed by atoms with E-state index in [4.69, 9.17) is 0 Å². The average Bonchev–Trinajstić information content (AvgIpc) is 2.54. The zero-order chi connectivity index (χ0) is 15.2. The minimum Gasteiger partial charge on any atom is -0.396 e. The third-order valence-electron chi connectivity index (χ3n) is 4.70. The number of piperidine rings is 1. The first-order valence-electron chi connectivity index (χ1n) is 8.19. The fourth-order valence-electron chi connectivity index (χ4n) is 3.44. The van der Waals surface area contributed by atoms with Crippen molar-refractivity contribution in [3.8, 4) is 0 Å². The van der Waals surface area contributed by atoms with E-state index >= 15 is 0 Å². The van der Waals surface area contributed by atoms with Gasteiger partial charge >= 0.3 is 6.03 Å². The molecule has 0 aromatic rings. The van der Waals surface area contributed by atoms with Gasteiger partial charge in [-0.3, -0.25) is 4.21 Å². The van der Waals surface area contributed by atoms with Gasteiger partial charge in [0.1, 0.15) is 0 Å². The highest BCUT2D eigenvalue weighted by Crippen LogP contribution is 2.24. The molecule has 1 saturated heterocycles. The average molecular weight is 316 g/mol. The second-order valence-electron chi connectivity index (χ2n) is 6.19. The summed E-state index contributed by atoms with van der Waals surface area (Å²) >= 11 is 0. The van der Waals surface area contributed by atoms with E-state index in [1.807, 2.05) is 11.8 Å². The molecule has 0 bridgehead atoms. The normalized spacial score (nSPS) is 31.7. The van der Waals surface area contributed by atoms with Gasteiger partial charge in [0.2, 0.25) is 0 Å². The molecule has 5 nitrogen and oxygen atoms in total. The predicted molar refractivity (Wildman–Crippen MR) is 84.6 cm³/mol. The molecule has 2 rings (SSSR count). The van der Waals surface area contributed by atoms with Crippen LogP contribution < -0.4 is 5.32 Å². The van der Waals surface area contributed by atoms with E-state index in [2.05, 4.69) is 5.32 Å². The van der Waals surface area contributed by atoms with E-state index in [0.29, 0.717) is 12.3 Å². The van der Waals surface area contributed by atoms with Gasteiger partial charge in [-0.1, -0.05) is 19.8 Å². The van der Waals surface area contributed by atoms with E-state index in [-0.39, 0.29) is 29.8 Å². The molecule has 2 N–H and O–H groups in total. The summed E-state index contributed by atoms with van der Waals surface area (Å²) in [5.74, 6) is 0.865. The number of aliphatic hydroxyl groups is 1. The van der Waals surface area contributed by atoms with Crippen molar-refractivity contribution in [2.24, 2.45) is 5.92 Å². The lowest BCUT2D eigenvalue weighted by Crippen LogP contribution is -2.53. The number of aliphatic hydroxyl groups excluding tert-OH is 1. The van der Waals surface area contributed by atoms with E-state index < -0.39 is 10.8 Å². The van der Waals surface area contributed by atoms with Crippen LogP contribution >= 0.6 is 0 Å². The van der Waals surface area contributed by atoms with Gasteiger partial charge < -0.3 is 15.3 Å². The molecule has 2 aliphatic rings. The van der Waals surface area contributed by atoms with Crippen molar-refractivity contribution in [1.29, 1.82) is 0 Å². The highest BCUT2D eigenvalue weighted by Gasteiger charge is 2.32. The van der Waals surface area contributed by atoms with Crippen molar-refractivity contribution < 1.29 is 14.1 Å². The minimum absolute atomic E-state index is 0.0431. The molecule has 0 unspecified atom stereocenters. The predicted octanol–water partition coefficient (Wildman–Crippen LogP) is 1.48. The number of nitrogens with one attached hydrogen (secondary N) is 1. The molecule has 2 amide bonds. The lowest BCUT2D eigenvalue weighted by molar-refractivity contribution is 0.127. The molecule has 0 aromatic heterocycles. The van der Waals surface area contributed by atoms with Crippen molar-refractivity contribution in [2.75, 3.05) is 25.4 Å². The number of nitrogens with zero attached hydrogens (tertiary/aromatic N) is 1. The Balaban J connectivity index is 1.92. The Morgan fingerprint density at radius 3 is 2.76 bits per heavy atom. The van der Waals surface area contributed by atoms with Crippen LogP contribution in [0.1, 0.15) is 45.4 Å². The van der Waals surface area contributed by atoms with Gasteiger partial charge in [0, 0.05) is 42.3 Å². The lowest BCUT2D eigenvalue weighted by atomic mass is 9.95. The fourth-order valence-corrected chi connectivity index (χ4v) is 4.87. The summed E-state index contributed by atoms with van der Waals surface area (Å²) in [6, 6.07) is -0.000288. The summed E-state index contributed by atoms with van der Waals surface area (Å²) in [6.45, 7) is 3.49. The molecule has 0 radical (unpaired) electrons. The van der Waals surface area contributed by atoms with Gasteiger partial charge in [-0.25, -0.2) is 4.79 Å². The van der Waals surface area contributed by atoms with Crippen molar-refractivity contribution in [3.05, 3.63) is 0 Å². The lowest BCUT2D eigenvalue weighted by Gasteiger charge is -2.36. The van der Waals surface area contributed by atoms with Gasteiger partial charge in [-0.05, 0) is 31.6 Å². The third kappa shape index (κ3) is 4.42. The Bertz CT molecular complexity index is 378. The quantitative estimate of drug-likeness (QED) is 0.825. The number of hydrogen-bond donors (Lipinski definition) is 2. The van der Waals surface area contributed by atoms with Crippen LogP contribution in [0.4, 0.5) is 4.79 Å². The smallest absolute Gasteiger partial charge is 0.317 e. The van der Waals surface area contributed by atoms with Crippen molar-refractivity contribution in [1.82, 2.24) is 10.2 Å². The Morgan fingerprint density at radius 2 is 2.05 bits per heavy atom. The van der Waals surface area contributed by atoms with Crippen LogP contribution in [-0.4, -0.2) is 57.0 Å². The maximum Gasteiger partial charge on any atom is 0.317 e. The first-order valence-corrected chi connectivity index (χ1v) is 9.57. The van der Waals surface area contributed by atoms with Gasteiger partial charge in [0.05, 0.1) is 5.25 Å². The molecule has 1 aliphatic carbocycles. The van der Waals surface area contributed by atoms with Crippen LogP contribution in [0.15, 0.2) is 0 Å². The molecular weight excluding hydrogens is 288 g/mol. The highest BCUT2D eigenvalue weighted by molar-refractivity contribution is 7.85. The van der Waals surface area contributed by atoms with Crippen molar-refractivity contribution in [2.45, 2.75) is 56.7 Å². The summed E-state index contributed by atoms with van der Waals surface area (Å²) in [7, 11) is -0.847.